The molecule has 0 fully saturated rings. The van der Waals surface area contributed by atoms with Crippen LogP contribution in [0, 0.1) is 0 Å². The molecule has 0 aliphatic heterocycles. The number of nitrogens with one attached hydrogen (secondary N) is 1. The highest BCUT2D eigenvalue weighted by Gasteiger charge is 2.12. The SMILES string of the molecule is CCOC(=O)C(C)NCc1nccs1. The predicted molar refractivity (Wildman–Crippen MR) is 55.0 cm³/mol. The van der Waals surface area contributed by atoms with Crippen molar-refractivity contribution in [1.29, 1.82) is 0 Å². The summed E-state index contributed by atoms with van der Waals surface area (Å²) in [5.74, 6) is -0.218. The van der Waals surface area contributed by atoms with Crippen LogP contribution in [0.3, 0.4) is 0 Å². The molecular weight excluding hydrogens is 200 g/mol. The molecule has 1 rings (SSSR count). The molecule has 0 amide bonds. The Morgan fingerprint density at radius 1 is 1.79 bits per heavy atom. The second-order valence-corrected chi connectivity index (χ2v) is 3.76. The first-order chi connectivity index (χ1) is 6.74. The van der Waals surface area contributed by atoms with Gasteiger partial charge in [0.05, 0.1) is 6.61 Å². The van der Waals surface area contributed by atoms with Crippen LogP contribution in [0.15, 0.2) is 11.6 Å². The lowest BCUT2D eigenvalue weighted by Gasteiger charge is -2.10. The van der Waals surface area contributed by atoms with Gasteiger partial charge in [0, 0.05) is 18.1 Å². The number of nitrogens with zero attached hydrogens (tertiary/aromatic N) is 1. The molecule has 1 unspecified atom stereocenters. The van der Waals surface area contributed by atoms with Crippen molar-refractivity contribution in [3.63, 3.8) is 0 Å². The third-order valence-corrected chi connectivity index (χ3v) is 2.46. The van der Waals surface area contributed by atoms with Crippen LogP contribution in [0.1, 0.15) is 18.9 Å². The molecule has 0 aromatic carbocycles. The van der Waals surface area contributed by atoms with Gasteiger partial charge >= 0.3 is 5.97 Å². The van der Waals surface area contributed by atoms with Crippen molar-refractivity contribution in [2.45, 2.75) is 26.4 Å². The highest BCUT2D eigenvalue weighted by Crippen LogP contribution is 2.03. The van der Waals surface area contributed by atoms with E-state index in [1.807, 2.05) is 5.38 Å². The molecule has 0 aliphatic carbocycles. The minimum atomic E-state index is -0.279. The molecule has 0 saturated carbocycles. The second kappa shape index (κ2) is 5.72. The molecule has 0 spiro atoms. The first kappa shape index (κ1) is 11.1. The molecule has 0 bridgehead atoms. The summed E-state index contributed by atoms with van der Waals surface area (Å²) in [7, 11) is 0. The number of carbonyl (C=O) groups excluding carboxylic acids is 1. The van der Waals surface area contributed by atoms with Crippen LogP contribution in [0.25, 0.3) is 0 Å². The number of aromatic nitrogens is 1. The molecule has 78 valence electrons. The Hall–Kier alpha value is -0.940. The van der Waals surface area contributed by atoms with E-state index in [2.05, 4.69) is 10.3 Å². The summed E-state index contributed by atoms with van der Waals surface area (Å²) in [6.07, 6.45) is 1.75. The van der Waals surface area contributed by atoms with Crippen LogP contribution < -0.4 is 5.32 Å². The van der Waals surface area contributed by atoms with Crippen LogP contribution in [-0.2, 0) is 16.1 Å². The molecule has 14 heavy (non-hydrogen) atoms. The van der Waals surface area contributed by atoms with Gasteiger partial charge in [-0.2, -0.15) is 0 Å². The number of rotatable bonds is 5. The second-order valence-electron chi connectivity index (χ2n) is 2.78. The normalized spacial score (nSPS) is 12.4. The third kappa shape index (κ3) is 3.43. The van der Waals surface area contributed by atoms with Gasteiger partial charge < -0.3 is 4.74 Å². The maximum Gasteiger partial charge on any atom is 0.322 e. The summed E-state index contributed by atoms with van der Waals surface area (Å²) in [6, 6.07) is -0.279. The van der Waals surface area contributed by atoms with E-state index in [4.69, 9.17) is 4.74 Å². The van der Waals surface area contributed by atoms with Gasteiger partial charge in [0.25, 0.3) is 0 Å². The van der Waals surface area contributed by atoms with E-state index in [0.29, 0.717) is 13.2 Å². The Balaban J connectivity index is 2.27. The zero-order valence-corrected chi connectivity index (χ0v) is 9.13. The first-order valence-corrected chi connectivity index (χ1v) is 5.40. The van der Waals surface area contributed by atoms with Gasteiger partial charge in [-0.3, -0.25) is 10.1 Å². The fourth-order valence-electron chi connectivity index (χ4n) is 0.931. The van der Waals surface area contributed by atoms with E-state index in [1.165, 1.54) is 0 Å². The molecule has 0 radical (unpaired) electrons. The highest BCUT2D eigenvalue weighted by atomic mass is 32.1. The summed E-state index contributed by atoms with van der Waals surface area (Å²) in [5, 5.41) is 5.93. The zero-order valence-electron chi connectivity index (χ0n) is 8.32. The lowest BCUT2D eigenvalue weighted by atomic mass is 10.3. The van der Waals surface area contributed by atoms with E-state index in [-0.39, 0.29) is 12.0 Å². The van der Waals surface area contributed by atoms with Gasteiger partial charge in [-0.25, -0.2) is 4.98 Å². The average Bonchev–Trinajstić information content (AvgIpc) is 2.67. The Bertz CT molecular complexity index is 274. The minimum Gasteiger partial charge on any atom is -0.465 e. The predicted octanol–water partition coefficient (Wildman–Crippen LogP) is 1.18. The molecule has 1 atom stereocenters. The van der Waals surface area contributed by atoms with Crippen LogP contribution in [-0.4, -0.2) is 23.6 Å². The van der Waals surface area contributed by atoms with Crippen molar-refractivity contribution < 1.29 is 9.53 Å². The van der Waals surface area contributed by atoms with Gasteiger partial charge in [-0.05, 0) is 13.8 Å². The van der Waals surface area contributed by atoms with Gasteiger partial charge in [0.1, 0.15) is 11.0 Å². The van der Waals surface area contributed by atoms with Gasteiger partial charge in [0.2, 0.25) is 0 Å². The summed E-state index contributed by atoms with van der Waals surface area (Å²) < 4.78 is 4.86. The van der Waals surface area contributed by atoms with Crippen molar-refractivity contribution in [1.82, 2.24) is 10.3 Å². The van der Waals surface area contributed by atoms with E-state index in [1.54, 1.807) is 31.4 Å². The quantitative estimate of drug-likeness (QED) is 0.748. The summed E-state index contributed by atoms with van der Waals surface area (Å²) in [6.45, 7) is 4.61. The van der Waals surface area contributed by atoms with Crippen LogP contribution >= 0.6 is 11.3 Å². The van der Waals surface area contributed by atoms with Crippen molar-refractivity contribution >= 4 is 17.3 Å². The molecule has 0 saturated heterocycles. The third-order valence-electron chi connectivity index (χ3n) is 1.68. The van der Waals surface area contributed by atoms with Crippen molar-refractivity contribution in [2.75, 3.05) is 6.61 Å². The largest absolute Gasteiger partial charge is 0.465 e. The van der Waals surface area contributed by atoms with Crippen LogP contribution in [0.2, 0.25) is 0 Å². The summed E-state index contributed by atoms with van der Waals surface area (Å²) in [5.41, 5.74) is 0. The maximum absolute atomic E-state index is 11.2. The highest BCUT2D eigenvalue weighted by molar-refractivity contribution is 7.09. The van der Waals surface area contributed by atoms with E-state index in [0.717, 1.165) is 5.01 Å². The number of carbonyl (C=O) groups is 1. The Morgan fingerprint density at radius 2 is 2.57 bits per heavy atom. The average molecular weight is 214 g/mol. The topological polar surface area (TPSA) is 51.2 Å². The fraction of sp³-hybridized carbons (Fsp3) is 0.556. The lowest BCUT2D eigenvalue weighted by molar-refractivity contribution is -0.145. The molecule has 1 N–H and O–H groups in total. The fourth-order valence-corrected chi connectivity index (χ4v) is 1.50. The smallest absolute Gasteiger partial charge is 0.322 e. The zero-order chi connectivity index (χ0) is 10.4. The van der Waals surface area contributed by atoms with Crippen molar-refractivity contribution in [3.05, 3.63) is 16.6 Å². The molecular formula is C9H14N2O2S. The monoisotopic (exact) mass is 214 g/mol. The van der Waals surface area contributed by atoms with Gasteiger partial charge in [-0.1, -0.05) is 0 Å². The van der Waals surface area contributed by atoms with E-state index >= 15 is 0 Å². The number of thiazole rings is 1. The lowest BCUT2D eigenvalue weighted by Crippen LogP contribution is -2.34. The molecule has 1 aromatic heterocycles. The summed E-state index contributed by atoms with van der Waals surface area (Å²) >= 11 is 1.56. The van der Waals surface area contributed by atoms with Crippen LogP contribution in [0.5, 0.6) is 0 Å². The Morgan fingerprint density at radius 3 is 3.14 bits per heavy atom. The van der Waals surface area contributed by atoms with Gasteiger partial charge in [-0.15, -0.1) is 11.3 Å². The molecule has 0 aliphatic rings. The van der Waals surface area contributed by atoms with Gasteiger partial charge in [0.15, 0.2) is 0 Å². The van der Waals surface area contributed by atoms with Crippen molar-refractivity contribution in [2.24, 2.45) is 0 Å². The Labute approximate surface area is 87.3 Å². The first-order valence-electron chi connectivity index (χ1n) is 4.52. The minimum absolute atomic E-state index is 0.218. The maximum atomic E-state index is 11.2. The summed E-state index contributed by atoms with van der Waals surface area (Å²) in [4.78, 5) is 15.3. The van der Waals surface area contributed by atoms with Crippen molar-refractivity contribution in [3.8, 4) is 0 Å². The number of hydrogen-bond donors (Lipinski definition) is 1. The molecule has 1 aromatic rings. The van der Waals surface area contributed by atoms with E-state index < -0.39 is 0 Å². The molecule has 4 nitrogen and oxygen atoms in total. The number of hydrogen-bond acceptors (Lipinski definition) is 5. The van der Waals surface area contributed by atoms with Crippen LogP contribution in [0.4, 0.5) is 0 Å². The molecule has 5 heteroatoms. The molecule has 1 heterocycles. The number of ether oxygens (including phenoxy) is 1. The standard InChI is InChI=1S/C9H14N2O2S/c1-3-13-9(12)7(2)11-6-8-10-4-5-14-8/h4-5,7,11H,3,6H2,1-2H3. The Kier molecular flexibility index (Phi) is 4.55. The van der Waals surface area contributed by atoms with E-state index in [9.17, 15) is 4.79 Å². The number of esters is 1.